The molecule has 4 nitrogen and oxygen atoms in total. The maximum absolute atomic E-state index is 12.7. The Bertz CT molecular complexity index is 1100. The van der Waals surface area contributed by atoms with Gasteiger partial charge in [-0.2, -0.15) is 0 Å². The fraction of sp³-hybridized carbons (Fsp3) is 0.185. The monoisotopic (exact) mass is 442 g/mol. The Labute approximate surface area is 193 Å². The summed E-state index contributed by atoms with van der Waals surface area (Å²) in [6.07, 6.45) is 2.86. The van der Waals surface area contributed by atoms with Crippen molar-refractivity contribution >= 4 is 17.7 Å². The van der Waals surface area contributed by atoms with Crippen LogP contribution in [-0.2, 0) is 17.8 Å². The van der Waals surface area contributed by atoms with Gasteiger partial charge in [0.05, 0.1) is 0 Å². The zero-order chi connectivity index (χ0) is 22.3. The fourth-order valence-electron chi connectivity index (χ4n) is 3.55. The molecule has 1 aromatic heterocycles. The first kappa shape index (κ1) is 21.9. The zero-order valence-electron chi connectivity index (χ0n) is 18.3. The van der Waals surface area contributed by atoms with Crippen LogP contribution in [0.1, 0.15) is 17.9 Å². The minimum atomic E-state index is 0.0691. The molecule has 32 heavy (non-hydrogen) atoms. The van der Waals surface area contributed by atoms with Crippen molar-refractivity contribution in [3.8, 4) is 22.6 Å². The van der Waals surface area contributed by atoms with Crippen LogP contribution in [0.4, 0.5) is 0 Å². The molecule has 0 unspecified atom stereocenters. The second-order valence-electron chi connectivity index (χ2n) is 7.62. The van der Waals surface area contributed by atoms with Crippen molar-refractivity contribution in [2.75, 3.05) is 13.3 Å². The van der Waals surface area contributed by atoms with Crippen molar-refractivity contribution in [2.45, 2.75) is 24.3 Å². The first-order valence-corrected chi connectivity index (χ1v) is 11.8. The average Bonchev–Trinajstić information content (AvgIpc) is 3.28. The molecule has 1 heterocycles. The number of amides is 1. The van der Waals surface area contributed by atoms with Crippen LogP contribution in [0, 0.1) is 0 Å². The fourth-order valence-corrected chi connectivity index (χ4v) is 3.95. The molecule has 5 heteroatoms. The van der Waals surface area contributed by atoms with E-state index in [0.29, 0.717) is 25.3 Å². The van der Waals surface area contributed by atoms with E-state index in [4.69, 9.17) is 9.40 Å². The topological polar surface area (TPSA) is 46.3 Å². The van der Waals surface area contributed by atoms with Crippen LogP contribution in [-0.4, -0.2) is 29.1 Å². The third-order valence-corrected chi connectivity index (χ3v) is 6.06. The highest BCUT2D eigenvalue weighted by atomic mass is 32.2. The third-order valence-electron chi connectivity index (χ3n) is 5.31. The minimum absolute atomic E-state index is 0.0691. The lowest BCUT2D eigenvalue weighted by Crippen LogP contribution is -2.26. The number of thioether (sulfide) groups is 1. The lowest BCUT2D eigenvalue weighted by molar-refractivity contribution is -0.130. The van der Waals surface area contributed by atoms with Crippen molar-refractivity contribution in [3.63, 3.8) is 0 Å². The Kier molecular flexibility index (Phi) is 7.07. The van der Waals surface area contributed by atoms with E-state index in [0.717, 1.165) is 28.1 Å². The van der Waals surface area contributed by atoms with Gasteiger partial charge in [-0.15, -0.1) is 11.8 Å². The van der Waals surface area contributed by atoms with Gasteiger partial charge < -0.3 is 9.32 Å². The molecule has 0 N–H and O–H groups in total. The molecule has 4 rings (SSSR count). The Morgan fingerprint density at radius 1 is 0.906 bits per heavy atom. The molecule has 0 aliphatic carbocycles. The summed E-state index contributed by atoms with van der Waals surface area (Å²) in [5, 5.41) is 0. The molecular weight excluding hydrogens is 416 g/mol. The van der Waals surface area contributed by atoms with E-state index in [1.54, 1.807) is 16.7 Å². The molecule has 0 bridgehead atoms. The molecule has 1 amide bonds. The number of nitrogens with zero attached hydrogens (tertiary/aromatic N) is 2. The van der Waals surface area contributed by atoms with Crippen molar-refractivity contribution < 1.29 is 9.21 Å². The SMILES string of the molecule is CSc1ccc(CN(C)C(=O)CCc2nc(-c3ccccc3)c(-c3ccccc3)o2)cc1. The number of oxazole rings is 1. The number of hydrogen-bond donors (Lipinski definition) is 0. The van der Waals surface area contributed by atoms with Gasteiger partial charge in [0.2, 0.25) is 5.91 Å². The summed E-state index contributed by atoms with van der Waals surface area (Å²) in [6.45, 7) is 0.587. The Hall–Kier alpha value is -3.31. The Morgan fingerprint density at radius 3 is 2.16 bits per heavy atom. The molecule has 0 saturated heterocycles. The summed E-state index contributed by atoms with van der Waals surface area (Å²) in [6, 6.07) is 28.3. The van der Waals surface area contributed by atoms with Crippen LogP contribution < -0.4 is 0 Å². The van der Waals surface area contributed by atoms with Crippen LogP contribution in [0.25, 0.3) is 22.6 Å². The summed E-state index contributed by atoms with van der Waals surface area (Å²) >= 11 is 1.71. The van der Waals surface area contributed by atoms with Crippen molar-refractivity contribution in [1.82, 2.24) is 9.88 Å². The molecule has 0 atom stereocenters. The molecule has 0 spiro atoms. The van der Waals surface area contributed by atoms with Crippen LogP contribution in [0.3, 0.4) is 0 Å². The van der Waals surface area contributed by atoms with E-state index in [1.165, 1.54) is 4.90 Å². The first-order valence-electron chi connectivity index (χ1n) is 10.6. The van der Waals surface area contributed by atoms with Gasteiger partial charge in [-0.3, -0.25) is 4.79 Å². The number of carbonyl (C=O) groups is 1. The summed E-state index contributed by atoms with van der Waals surface area (Å²) in [5.74, 6) is 1.38. The van der Waals surface area contributed by atoms with Crippen LogP contribution in [0.15, 0.2) is 94.2 Å². The maximum Gasteiger partial charge on any atom is 0.223 e. The molecule has 0 aliphatic rings. The molecular formula is C27H26N2O2S. The second-order valence-corrected chi connectivity index (χ2v) is 8.49. The highest BCUT2D eigenvalue weighted by Gasteiger charge is 2.18. The van der Waals surface area contributed by atoms with Gasteiger partial charge in [-0.25, -0.2) is 4.98 Å². The van der Waals surface area contributed by atoms with E-state index >= 15 is 0 Å². The summed E-state index contributed by atoms with van der Waals surface area (Å²) in [4.78, 5) is 20.5. The minimum Gasteiger partial charge on any atom is -0.440 e. The van der Waals surface area contributed by atoms with E-state index in [2.05, 4.69) is 30.5 Å². The molecule has 3 aromatic carbocycles. The Balaban J connectivity index is 1.47. The molecule has 162 valence electrons. The van der Waals surface area contributed by atoms with Gasteiger partial charge in [0, 0.05) is 42.5 Å². The number of aromatic nitrogens is 1. The zero-order valence-corrected chi connectivity index (χ0v) is 19.1. The maximum atomic E-state index is 12.7. The second kappa shape index (κ2) is 10.3. The molecule has 0 saturated carbocycles. The third kappa shape index (κ3) is 5.29. The quantitative estimate of drug-likeness (QED) is 0.300. The van der Waals surface area contributed by atoms with Gasteiger partial charge in [-0.1, -0.05) is 72.8 Å². The van der Waals surface area contributed by atoms with Crippen molar-refractivity contribution in [1.29, 1.82) is 0 Å². The van der Waals surface area contributed by atoms with Gasteiger partial charge in [0.15, 0.2) is 11.7 Å². The van der Waals surface area contributed by atoms with E-state index < -0.39 is 0 Å². The number of hydrogen-bond acceptors (Lipinski definition) is 4. The predicted octanol–water partition coefficient (Wildman–Crippen LogP) is 6.32. The average molecular weight is 443 g/mol. The van der Waals surface area contributed by atoms with Gasteiger partial charge in [0.25, 0.3) is 0 Å². The molecule has 0 radical (unpaired) electrons. The smallest absolute Gasteiger partial charge is 0.223 e. The lowest BCUT2D eigenvalue weighted by Gasteiger charge is -2.17. The normalized spacial score (nSPS) is 10.8. The largest absolute Gasteiger partial charge is 0.440 e. The van der Waals surface area contributed by atoms with E-state index in [-0.39, 0.29) is 5.91 Å². The van der Waals surface area contributed by atoms with E-state index in [1.807, 2.05) is 67.7 Å². The number of aryl methyl sites for hydroxylation is 1. The lowest BCUT2D eigenvalue weighted by atomic mass is 10.1. The predicted molar refractivity (Wildman–Crippen MR) is 130 cm³/mol. The summed E-state index contributed by atoms with van der Waals surface area (Å²) < 4.78 is 6.15. The highest BCUT2D eigenvalue weighted by Crippen LogP contribution is 2.32. The van der Waals surface area contributed by atoms with E-state index in [9.17, 15) is 4.79 Å². The summed E-state index contributed by atoms with van der Waals surface area (Å²) in [5.41, 5.74) is 3.90. The highest BCUT2D eigenvalue weighted by molar-refractivity contribution is 7.98. The molecule has 4 aromatic rings. The Morgan fingerprint density at radius 2 is 1.53 bits per heavy atom. The molecule has 0 fully saturated rings. The van der Waals surface area contributed by atoms with Crippen LogP contribution in [0.5, 0.6) is 0 Å². The van der Waals surface area contributed by atoms with Gasteiger partial charge >= 0.3 is 0 Å². The van der Waals surface area contributed by atoms with Crippen molar-refractivity contribution in [2.24, 2.45) is 0 Å². The standard InChI is InChI=1S/C27H26N2O2S/c1-29(19-20-13-15-23(32-2)16-14-20)25(30)18-17-24-28-26(21-9-5-3-6-10-21)27(31-24)22-11-7-4-8-12-22/h3-16H,17-19H2,1-2H3. The van der Waals surface area contributed by atoms with Crippen LogP contribution >= 0.6 is 11.8 Å². The summed E-state index contributed by atoms with van der Waals surface area (Å²) in [7, 11) is 1.84. The number of benzene rings is 3. The van der Waals surface area contributed by atoms with Gasteiger partial charge in [0.1, 0.15) is 5.69 Å². The number of carbonyl (C=O) groups excluding carboxylic acids is 1. The molecule has 0 aliphatic heterocycles. The van der Waals surface area contributed by atoms with Crippen LogP contribution in [0.2, 0.25) is 0 Å². The number of rotatable bonds is 8. The first-order chi connectivity index (χ1) is 15.6. The van der Waals surface area contributed by atoms with Crippen molar-refractivity contribution in [3.05, 3.63) is 96.4 Å². The van der Waals surface area contributed by atoms with Gasteiger partial charge in [-0.05, 0) is 24.0 Å².